The van der Waals surface area contributed by atoms with E-state index >= 15 is 0 Å². The van der Waals surface area contributed by atoms with E-state index in [1.165, 1.54) is 4.31 Å². The van der Waals surface area contributed by atoms with E-state index < -0.39 is 10.0 Å². The summed E-state index contributed by atoms with van der Waals surface area (Å²) in [7, 11) is -3.67. The minimum absolute atomic E-state index is 0.167. The highest BCUT2D eigenvalue weighted by Crippen LogP contribution is 2.31. The number of hydrogen-bond donors (Lipinski definition) is 1. The Morgan fingerprint density at radius 2 is 2.12 bits per heavy atom. The SMILES string of the molecule is CCc1nc(-c2csc(S(=O)(=O)N3CCC(C(=O)Nc4cccc(C#N)c4)CC3)c2)no1. The fraction of sp³-hybridized carbons (Fsp3) is 0.333. The molecule has 0 bridgehead atoms. The van der Waals surface area contributed by atoms with Gasteiger partial charge in [-0.2, -0.15) is 14.6 Å². The lowest BCUT2D eigenvalue weighted by Gasteiger charge is -2.30. The van der Waals surface area contributed by atoms with Crippen LogP contribution in [0.15, 0.2) is 44.4 Å². The van der Waals surface area contributed by atoms with Gasteiger partial charge in [0.2, 0.25) is 17.6 Å². The number of nitrogens with one attached hydrogen (secondary N) is 1. The van der Waals surface area contributed by atoms with Crippen molar-refractivity contribution in [3.8, 4) is 17.5 Å². The maximum atomic E-state index is 13.1. The Hall–Kier alpha value is -3.07. The zero-order valence-electron chi connectivity index (χ0n) is 17.3. The van der Waals surface area contributed by atoms with Crippen molar-refractivity contribution in [2.45, 2.75) is 30.4 Å². The number of nitriles is 1. The number of carbonyl (C=O) groups is 1. The maximum Gasteiger partial charge on any atom is 0.252 e. The zero-order valence-corrected chi connectivity index (χ0v) is 18.9. The van der Waals surface area contributed by atoms with E-state index in [0.717, 1.165) is 11.3 Å². The Balaban J connectivity index is 1.39. The number of hydrogen-bond acceptors (Lipinski definition) is 8. The van der Waals surface area contributed by atoms with E-state index in [1.807, 2.05) is 13.0 Å². The molecule has 32 heavy (non-hydrogen) atoms. The second-order valence-corrected chi connectivity index (χ2v) is 10.5. The molecule has 0 spiro atoms. The first-order valence-corrected chi connectivity index (χ1v) is 12.5. The first-order chi connectivity index (χ1) is 15.4. The predicted molar refractivity (Wildman–Crippen MR) is 118 cm³/mol. The summed E-state index contributed by atoms with van der Waals surface area (Å²) in [5.41, 5.74) is 1.62. The Morgan fingerprint density at radius 3 is 2.81 bits per heavy atom. The minimum atomic E-state index is -3.67. The van der Waals surface area contributed by atoms with Gasteiger partial charge in [-0.1, -0.05) is 18.1 Å². The van der Waals surface area contributed by atoms with Crippen LogP contribution in [0.25, 0.3) is 11.4 Å². The van der Waals surface area contributed by atoms with E-state index in [2.05, 4.69) is 15.5 Å². The number of rotatable bonds is 6. The molecule has 3 heterocycles. The number of piperidine rings is 1. The summed E-state index contributed by atoms with van der Waals surface area (Å²) in [4.78, 5) is 16.8. The number of aryl methyl sites for hydroxylation is 1. The van der Waals surface area contributed by atoms with Crippen molar-refractivity contribution in [2.75, 3.05) is 18.4 Å². The molecule has 1 aliphatic heterocycles. The van der Waals surface area contributed by atoms with Crippen molar-refractivity contribution < 1.29 is 17.7 Å². The average molecular weight is 472 g/mol. The molecule has 2 aromatic heterocycles. The van der Waals surface area contributed by atoms with E-state index in [1.54, 1.807) is 35.7 Å². The predicted octanol–water partition coefficient (Wildman–Crippen LogP) is 3.27. The van der Waals surface area contributed by atoms with Crippen molar-refractivity contribution in [1.82, 2.24) is 14.4 Å². The van der Waals surface area contributed by atoms with Crippen LogP contribution in [-0.2, 0) is 21.2 Å². The Kier molecular flexibility index (Phi) is 6.36. The van der Waals surface area contributed by atoms with E-state index in [0.29, 0.717) is 47.8 Å². The van der Waals surface area contributed by atoms with Gasteiger partial charge in [-0.3, -0.25) is 4.79 Å². The smallest absolute Gasteiger partial charge is 0.252 e. The summed E-state index contributed by atoms with van der Waals surface area (Å²) < 4.78 is 32.9. The van der Waals surface area contributed by atoms with Crippen LogP contribution < -0.4 is 5.32 Å². The van der Waals surface area contributed by atoms with Gasteiger partial charge in [-0.15, -0.1) is 11.3 Å². The van der Waals surface area contributed by atoms with E-state index in [9.17, 15) is 13.2 Å². The molecular formula is C21H21N5O4S2. The van der Waals surface area contributed by atoms with Crippen LogP contribution in [0.2, 0.25) is 0 Å². The number of nitrogens with zero attached hydrogens (tertiary/aromatic N) is 4. The molecule has 11 heteroatoms. The molecule has 1 amide bonds. The van der Waals surface area contributed by atoms with Gasteiger partial charge in [0.15, 0.2) is 0 Å². The molecule has 1 N–H and O–H groups in total. The maximum absolute atomic E-state index is 13.1. The van der Waals surface area contributed by atoms with Gasteiger partial charge in [-0.25, -0.2) is 8.42 Å². The van der Waals surface area contributed by atoms with Gasteiger partial charge >= 0.3 is 0 Å². The van der Waals surface area contributed by atoms with E-state index in [4.69, 9.17) is 9.78 Å². The summed E-state index contributed by atoms with van der Waals surface area (Å²) in [6.45, 7) is 2.41. The molecule has 4 rings (SSSR count). The molecule has 3 aromatic rings. The molecule has 0 atom stereocenters. The molecule has 0 aliphatic carbocycles. The monoisotopic (exact) mass is 471 g/mol. The summed E-state index contributed by atoms with van der Waals surface area (Å²) in [5, 5.41) is 17.4. The summed E-state index contributed by atoms with van der Waals surface area (Å²) in [6, 6.07) is 10.3. The van der Waals surface area contributed by atoms with Gasteiger partial charge in [0, 0.05) is 42.1 Å². The number of aromatic nitrogens is 2. The molecule has 1 saturated heterocycles. The standard InChI is InChI=1S/C21H21N5O4S2/c1-2-18-24-20(25-30-18)16-11-19(31-13-16)32(28,29)26-8-6-15(7-9-26)21(27)23-17-5-3-4-14(10-17)12-22/h3-5,10-11,13,15H,2,6-9H2,1H3,(H,23,27). The molecule has 1 aliphatic rings. The van der Waals surface area contributed by atoms with Crippen molar-refractivity contribution >= 4 is 33.0 Å². The second-order valence-electron chi connectivity index (χ2n) is 7.38. The quantitative estimate of drug-likeness (QED) is 0.584. The fourth-order valence-electron chi connectivity index (χ4n) is 3.48. The molecular weight excluding hydrogens is 450 g/mol. The Morgan fingerprint density at radius 1 is 1.34 bits per heavy atom. The highest BCUT2D eigenvalue weighted by Gasteiger charge is 2.33. The van der Waals surface area contributed by atoms with Crippen LogP contribution in [-0.4, -0.2) is 41.9 Å². The number of sulfonamides is 1. The van der Waals surface area contributed by atoms with Crippen LogP contribution in [0.1, 0.15) is 31.2 Å². The average Bonchev–Trinajstić information content (AvgIpc) is 3.49. The van der Waals surface area contributed by atoms with Crippen LogP contribution in [0.5, 0.6) is 0 Å². The lowest BCUT2D eigenvalue weighted by molar-refractivity contribution is -0.120. The molecule has 9 nitrogen and oxygen atoms in total. The number of thiophene rings is 1. The normalized spacial score (nSPS) is 15.4. The van der Waals surface area contributed by atoms with Crippen LogP contribution in [0, 0.1) is 17.2 Å². The van der Waals surface area contributed by atoms with Gasteiger partial charge in [0.05, 0.1) is 11.6 Å². The molecule has 0 saturated carbocycles. The Labute approximate surface area is 189 Å². The lowest BCUT2D eigenvalue weighted by atomic mass is 9.97. The van der Waals surface area contributed by atoms with Crippen LogP contribution >= 0.6 is 11.3 Å². The highest BCUT2D eigenvalue weighted by molar-refractivity contribution is 7.91. The lowest BCUT2D eigenvalue weighted by Crippen LogP contribution is -2.41. The van der Waals surface area contributed by atoms with Crippen LogP contribution in [0.3, 0.4) is 0 Å². The molecule has 0 unspecified atom stereocenters. The van der Waals surface area contributed by atoms with Gasteiger partial charge in [-0.05, 0) is 37.1 Å². The number of benzene rings is 1. The summed E-state index contributed by atoms with van der Waals surface area (Å²) >= 11 is 1.12. The Bertz CT molecular complexity index is 1270. The third kappa shape index (κ3) is 4.57. The second kappa shape index (κ2) is 9.20. The number of anilines is 1. The third-order valence-corrected chi connectivity index (χ3v) is 8.60. The van der Waals surface area contributed by atoms with Gasteiger partial charge in [0.25, 0.3) is 10.0 Å². The van der Waals surface area contributed by atoms with Crippen molar-refractivity contribution in [3.63, 3.8) is 0 Å². The van der Waals surface area contributed by atoms with Crippen LogP contribution in [0.4, 0.5) is 5.69 Å². The van der Waals surface area contributed by atoms with Crippen molar-refractivity contribution in [1.29, 1.82) is 5.26 Å². The minimum Gasteiger partial charge on any atom is -0.339 e. The largest absolute Gasteiger partial charge is 0.339 e. The fourth-order valence-corrected chi connectivity index (χ4v) is 6.26. The molecule has 0 radical (unpaired) electrons. The van der Waals surface area contributed by atoms with Crippen molar-refractivity contribution in [2.24, 2.45) is 5.92 Å². The summed E-state index contributed by atoms with van der Waals surface area (Å²) in [5.74, 6) is 0.406. The topological polar surface area (TPSA) is 129 Å². The summed E-state index contributed by atoms with van der Waals surface area (Å²) in [6.07, 6.45) is 1.45. The van der Waals surface area contributed by atoms with Gasteiger partial charge in [0.1, 0.15) is 4.21 Å². The first kappa shape index (κ1) is 22.1. The highest BCUT2D eigenvalue weighted by atomic mass is 32.2. The van der Waals surface area contributed by atoms with Crippen molar-refractivity contribution in [3.05, 3.63) is 47.2 Å². The third-order valence-electron chi connectivity index (χ3n) is 5.28. The molecule has 166 valence electrons. The first-order valence-electron chi connectivity index (χ1n) is 10.1. The number of amides is 1. The van der Waals surface area contributed by atoms with E-state index in [-0.39, 0.29) is 29.1 Å². The number of carbonyl (C=O) groups excluding carboxylic acids is 1. The van der Waals surface area contributed by atoms with Gasteiger partial charge < -0.3 is 9.84 Å². The molecule has 1 aromatic carbocycles. The molecule has 1 fully saturated rings. The zero-order chi connectivity index (χ0) is 22.7.